The number of carbonyl (C=O) groups is 1. The topological polar surface area (TPSA) is 54.0 Å². The van der Waals surface area contributed by atoms with Crippen molar-refractivity contribution < 1.29 is 21.9 Å². The minimum Gasteiger partial charge on any atom is -0.455 e. The van der Waals surface area contributed by atoms with Gasteiger partial charge in [-0.15, -0.1) is 0 Å². The quantitative estimate of drug-likeness (QED) is 0.207. The van der Waals surface area contributed by atoms with Gasteiger partial charge in [-0.3, -0.25) is 0 Å². The summed E-state index contributed by atoms with van der Waals surface area (Å²) in [7, 11) is -7.33. The van der Waals surface area contributed by atoms with Crippen molar-refractivity contribution >= 4 is 65.1 Å². The van der Waals surface area contributed by atoms with Gasteiger partial charge in [0, 0.05) is 33.6 Å². The summed E-state index contributed by atoms with van der Waals surface area (Å²) in [6.45, 7) is 32.1. The third-order valence-electron chi connectivity index (χ3n) is 6.93. The molecule has 0 radical (unpaired) electrons. The fourth-order valence-electron chi connectivity index (χ4n) is 4.07. The van der Waals surface area contributed by atoms with Crippen LogP contribution in [0.2, 0.25) is 44.8 Å². The van der Waals surface area contributed by atoms with E-state index < -0.39 is 44.5 Å². The fraction of sp³-hybridized carbons (Fsp3) is 0.850. The Labute approximate surface area is 208 Å². The minimum atomic E-state index is -3.01. The first-order valence-corrected chi connectivity index (χ1v) is 35.8. The Hall–Kier alpha value is 0.608. The van der Waals surface area contributed by atoms with Gasteiger partial charge in [0.2, 0.25) is 0 Å². The maximum atomic E-state index is 12.7. The molecule has 0 aliphatic carbocycles. The first-order valence-electron chi connectivity index (χ1n) is 12.1. The number of carbonyl (C=O) groups excluding carboxylic acids is 1. The van der Waals surface area contributed by atoms with Gasteiger partial charge >= 0.3 is 14.8 Å². The van der Waals surface area contributed by atoms with E-state index in [-0.39, 0.29) is 34.5 Å². The average Bonchev–Trinajstić information content (AvgIpc) is 2.53. The van der Waals surface area contributed by atoms with E-state index >= 15 is 0 Å². The molecule has 1 fully saturated rings. The Morgan fingerprint density at radius 1 is 0.938 bits per heavy atom. The molecule has 0 aromatic heterocycles. The molecule has 1 rings (SSSR count). The van der Waals surface area contributed by atoms with Gasteiger partial charge in [0.05, 0.1) is 0 Å². The molecule has 0 N–H and O–H groups in total. The third kappa shape index (κ3) is 7.55. The molecule has 1 aliphatic rings. The van der Waals surface area contributed by atoms with Gasteiger partial charge in [-0.1, -0.05) is 41.2 Å². The number of rotatable bonds is 12. The molecule has 0 aromatic rings. The number of hydrogen-bond acceptors (Lipinski definition) is 5. The van der Waals surface area contributed by atoms with Crippen LogP contribution in [0.5, 0.6) is 0 Å². The molecule has 1 saturated heterocycles. The van der Waals surface area contributed by atoms with Crippen molar-refractivity contribution in [3.8, 4) is 0 Å². The Morgan fingerprint density at radius 3 is 1.66 bits per heavy atom. The number of ether oxygens (including phenoxy) is 1. The fourth-order valence-corrected chi connectivity index (χ4v) is 61.2. The second-order valence-electron chi connectivity index (χ2n) is 12.6. The van der Waals surface area contributed by atoms with Crippen molar-refractivity contribution in [2.24, 2.45) is 11.3 Å². The highest BCUT2D eigenvalue weighted by Gasteiger charge is 2.63. The van der Waals surface area contributed by atoms with Crippen LogP contribution in [-0.2, 0) is 21.9 Å². The zero-order valence-corrected chi connectivity index (χ0v) is 31.5. The van der Waals surface area contributed by atoms with Crippen molar-refractivity contribution in [3.63, 3.8) is 0 Å². The summed E-state index contributed by atoms with van der Waals surface area (Å²) in [4.78, 5) is 12.7. The van der Waals surface area contributed by atoms with Gasteiger partial charge in [-0.05, 0) is 67.6 Å². The summed E-state index contributed by atoms with van der Waals surface area (Å²) < 4.78 is 27.6. The normalized spacial score (nSPS) is 23.2. The lowest BCUT2D eigenvalue weighted by Gasteiger charge is -2.55. The molecule has 0 saturated carbocycles. The van der Waals surface area contributed by atoms with Crippen LogP contribution >= 0.6 is 0 Å². The summed E-state index contributed by atoms with van der Waals surface area (Å²) in [6.07, 6.45) is 0. The Morgan fingerprint density at radius 2 is 1.38 bits per heavy atom. The van der Waals surface area contributed by atoms with Crippen LogP contribution in [0.1, 0.15) is 48.5 Å². The standard InChI is InChI=1S/C20H50O5Si7/c1-15(2)18(21)22-20(8,16(3)4)19(6,7)17(5)32(24-30(9,10)11,25-31(12,13)14)23-29-27-26-28-29/h16-17,29H,1,26-28H2,2-14H3. The second kappa shape index (κ2) is 10.7. The molecule has 1 aliphatic heterocycles. The molecule has 12 heteroatoms. The van der Waals surface area contributed by atoms with E-state index in [0.29, 0.717) is 14.1 Å². The van der Waals surface area contributed by atoms with Gasteiger partial charge in [-0.25, -0.2) is 4.79 Å². The van der Waals surface area contributed by atoms with E-state index in [2.05, 4.69) is 87.4 Å². The van der Waals surface area contributed by atoms with Crippen LogP contribution in [0, 0.1) is 11.3 Å². The van der Waals surface area contributed by atoms with Crippen LogP contribution in [-0.4, -0.2) is 70.7 Å². The first-order chi connectivity index (χ1) is 14.2. The number of hydrogen-bond donors (Lipinski definition) is 0. The molecule has 0 amide bonds. The zero-order valence-electron chi connectivity index (χ0n) is 23.1. The summed E-state index contributed by atoms with van der Waals surface area (Å²) in [5, 5.41) is 0. The molecular weight excluding hydrogens is 517 g/mol. The predicted octanol–water partition coefficient (Wildman–Crippen LogP) is 2.66. The van der Waals surface area contributed by atoms with Crippen LogP contribution in [0.3, 0.4) is 0 Å². The van der Waals surface area contributed by atoms with E-state index in [1.54, 1.807) is 6.92 Å². The molecular formula is C20H50O5Si7. The lowest BCUT2D eigenvalue weighted by Crippen LogP contribution is -2.70. The zero-order chi connectivity index (χ0) is 25.3. The van der Waals surface area contributed by atoms with Gasteiger partial charge < -0.3 is 17.1 Å². The van der Waals surface area contributed by atoms with Crippen LogP contribution in [0.15, 0.2) is 12.2 Å². The maximum absolute atomic E-state index is 12.7. The highest BCUT2D eigenvalue weighted by atomic mass is 30.1. The van der Waals surface area contributed by atoms with Crippen molar-refractivity contribution in [2.75, 3.05) is 0 Å². The summed E-state index contributed by atoms with van der Waals surface area (Å²) >= 11 is 0. The summed E-state index contributed by atoms with van der Waals surface area (Å²) in [5.41, 5.74) is -0.658. The van der Waals surface area contributed by atoms with E-state index in [1.807, 2.05) is 0 Å². The average molecular weight is 567 g/mol. The third-order valence-corrected chi connectivity index (χ3v) is 93.0. The van der Waals surface area contributed by atoms with Crippen molar-refractivity contribution in [3.05, 3.63) is 12.2 Å². The van der Waals surface area contributed by atoms with E-state index in [4.69, 9.17) is 17.1 Å². The molecule has 0 spiro atoms. The molecule has 32 heavy (non-hydrogen) atoms. The second-order valence-corrected chi connectivity index (χ2v) is 60.1. The van der Waals surface area contributed by atoms with E-state index in [1.165, 1.54) is 0 Å². The molecule has 0 aromatic carbocycles. The van der Waals surface area contributed by atoms with Crippen molar-refractivity contribution in [2.45, 2.75) is 98.9 Å². The molecule has 2 atom stereocenters. The Kier molecular flexibility index (Phi) is 10.2. The highest BCUT2D eigenvalue weighted by molar-refractivity contribution is 7.80. The number of esters is 1. The maximum Gasteiger partial charge on any atom is 0.472 e. The first kappa shape index (κ1) is 30.6. The van der Waals surface area contributed by atoms with Crippen LogP contribution in [0.25, 0.3) is 0 Å². The van der Waals surface area contributed by atoms with Gasteiger partial charge in [0.25, 0.3) is 0 Å². The van der Waals surface area contributed by atoms with Crippen molar-refractivity contribution in [1.29, 1.82) is 0 Å². The predicted molar refractivity (Wildman–Crippen MR) is 156 cm³/mol. The summed E-state index contributed by atoms with van der Waals surface area (Å²) in [5.74, 6) is -0.211. The molecule has 2 unspecified atom stereocenters. The van der Waals surface area contributed by atoms with E-state index in [0.717, 1.165) is 0 Å². The lowest BCUT2D eigenvalue weighted by molar-refractivity contribution is -0.177. The smallest absolute Gasteiger partial charge is 0.455 e. The van der Waals surface area contributed by atoms with Crippen LogP contribution in [0.4, 0.5) is 0 Å². The SMILES string of the molecule is C=C(C)C(=O)OC(C)(C(C)C)C(C)(C)C(C)[Si](O[SiH]1[SiH2][SiH2][SiH2]1)(O[Si](C)(C)C)O[Si](C)(C)C. The lowest BCUT2D eigenvalue weighted by atomic mass is 9.67. The minimum absolute atomic E-state index is 0.0246. The van der Waals surface area contributed by atoms with Crippen molar-refractivity contribution in [1.82, 2.24) is 0 Å². The molecule has 0 bridgehead atoms. The highest BCUT2D eigenvalue weighted by Crippen LogP contribution is 2.53. The van der Waals surface area contributed by atoms with Gasteiger partial charge in [0.15, 0.2) is 16.6 Å². The molecule has 188 valence electrons. The summed E-state index contributed by atoms with van der Waals surface area (Å²) in [6, 6.07) is 0. The van der Waals surface area contributed by atoms with Gasteiger partial charge in [0.1, 0.15) is 13.7 Å². The van der Waals surface area contributed by atoms with Crippen LogP contribution < -0.4 is 0 Å². The largest absolute Gasteiger partial charge is 0.472 e. The van der Waals surface area contributed by atoms with E-state index in [9.17, 15) is 4.79 Å². The van der Waals surface area contributed by atoms with Gasteiger partial charge in [-0.2, -0.15) is 0 Å². The Balaban J connectivity index is 3.62. The molecule has 1 heterocycles. The monoisotopic (exact) mass is 566 g/mol. The Bertz CT molecular complexity index is 667. The molecule has 5 nitrogen and oxygen atoms in total.